The Kier molecular flexibility index (Phi) is 68.9. The van der Waals surface area contributed by atoms with E-state index in [1.807, 2.05) is 6.08 Å². The zero-order chi connectivity index (χ0) is 58.5. The molecule has 0 aliphatic rings. The molecular weight excluding hydrogens is 995 g/mol. The van der Waals surface area contributed by atoms with Crippen LogP contribution in [0.3, 0.4) is 0 Å². The zero-order valence-electron chi connectivity index (χ0n) is 54.8. The standard InChI is InChI=1S/C75H143NO5/c1-3-5-7-9-11-13-15-17-19-21-22-23-30-33-36-39-43-47-51-55-59-63-67-73(78)72(71-77)76-74(79)68-64-60-56-52-48-44-40-37-34-31-28-26-24-25-27-29-32-35-38-42-46-50-54-58-62-66-70-81-75(80)69-65-61-57-53-49-45-41-20-18-16-14-12-10-8-6-4-2/h14,16,20,41,63,67,72-73,77-78H,3-13,15,17-19,21-40,42-62,64-66,68-71H2,1-2H3,(H,76,79)/b16-14-,41-20-,67-63+. The van der Waals surface area contributed by atoms with E-state index in [0.29, 0.717) is 19.4 Å². The van der Waals surface area contributed by atoms with Crippen LogP contribution in [0.4, 0.5) is 0 Å². The molecule has 6 nitrogen and oxygen atoms in total. The molecule has 0 rings (SSSR count). The maximum absolute atomic E-state index is 12.5. The number of esters is 1. The summed E-state index contributed by atoms with van der Waals surface area (Å²) in [5.74, 6) is -0.0578. The van der Waals surface area contributed by atoms with Crippen LogP contribution in [0.5, 0.6) is 0 Å². The number of ether oxygens (including phenoxy) is 1. The number of hydrogen-bond donors (Lipinski definition) is 3. The summed E-state index contributed by atoms with van der Waals surface area (Å²) in [6.45, 7) is 4.92. The van der Waals surface area contributed by atoms with Gasteiger partial charge in [0.15, 0.2) is 0 Å². The molecule has 0 bridgehead atoms. The number of unbranched alkanes of at least 4 members (excludes halogenated alkanes) is 54. The molecule has 0 aromatic rings. The van der Waals surface area contributed by atoms with E-state index in [4.69, 9.17) is 4.74 Å². The summed E-state index contributed by atoms with van der Waals surface area (Å²) in [6.07, 6.45) is 90.9. The number of aliphatic hydroxyl groups is 2. The summed E-state index contributed by atoms with van der Waals surface area (Å²) in [5.41, 5.74) is 0. The molecule has 2 atom stereocenters. The van der Waals surface area contributed by atoms with Crippen LogP contribution in [0.15, 0.2) is 36.5 Å². The number of allylic oxidation sites excluding steroid dienone is 5. The van der Waals surface area contributed by atoms with Gasteiger partial charge in [-0.25, -0.2) is 0 Å². The number of amides is 1. The van der Waals surface area contributed by atoms with Crippen molar-refractivity contribution >= 4 is 11.9 Å². The Hall–Kier alpha value is -1.92. The fraction of sp³-hybridized carbons (Fsp3) is 0.893. The molecule has 0 aromatic carbocycles. The fourth-order valence-electron chi connectivity index (χ4n) is 11.6. The molecule has 81 heavy (non-hydrogen) atoms. The lowest BCUT2D eigenvalue weighted by atomic mass is 10.0. The summed E-state index contributed by atoms with van der Waals surface area (Å²) in [7, 11) is 0. The molecule has 2 unspecified atom stereocenters. The number of aliphatic hydroxyl groups excluding tert-OH is 2. The van der Waals surface area contributed by atoms with E-state index in [2.05, 4.69) is 43.5 Å². The summed E-state index contributed by atoms with van der Waals surface area (Å²) >= 11 is 0. The van der Waals surface area contributed by atoms with E-state index in [0.717, 1.165) is 51.4 Å². The SMILES string of the molecule is CCCCCC/C=C\C/C=C\CCCCCCCC(=O)OCCCCCCCCCCCCCCCCCCCCCCCCCCCCC(=O)NC(CO)C(O)/C=C/CCCCCCCCCCCCCCCCCCCCCC. The largest absolute Gasteiger partial charge is 0.466 e. The van der Waals surface area contributed by atoms with E-state index in [1.54, 1.807) is 6.08 Å². The molecule has 6 heteroatoms. The van der Waals surface area contributed by atoms with Crippen LogP contribution in [0.25, 0.3) is 0 Å². The average Bonchev–Trinajstić information content (AvgIpc) is 3.47. The molecular formula is C75H143NO5. The molecule has 3 N–H and O–H groups in total. The zero-order valence-corrected chi connectivity index (χ0v) is 54.8. The Morgan fingerprint density at radius 2 is 0.617 bits per heavy atom. The molecule has 0 saturated carbocycles. The van der Waals surface area contributed by atoms with E-state index in [-0.39, 0.29) is 18.5 Å². The summed E-state index contributed by atoms with van der Waals surface area (Å²) in [4.78, 5) is 24.6. The van der Waals surface area contributed by atoms with Crippen molar-refractivity contribution in [2.45, 2.75) is 418 Å². The van der Waals surface area contributed by atoms with Gasteiger partial charge >= 0.3 is 5.97 Å². The van der Waals surface area contributed by atoms with Crippen LogP contribution in [0.2, 0.25) is 0 Å². The number of nitrogens with one attached hydrogen (secondary N) is 1. The highest BCUT2D eigenvalue weighted by atomic mass is 16.5. The van der Waals surface area contributed by atoms with Crippen molar-refractivity contribution in [1.29, 1.82) is 0 Å². The van der Waals surface area contributed by atoms with Gasteiger partial charge in [-0.2, -0.15) is 0 Å². The second-order valence-electron chi connectivity index (χ2n) is 25.3. The maximum Gasteiger partial charge on any atom is 0.305 e. The van der Waals surface area contributed by atoms with Crippen molar-refractivity contribution in [2.24, 2.45) is 0 Å². The predicted molar refractivity (Wildman–Crippen MR) is 356 cm³/mol. The van der Waals surface area contributed by atoms with Gasteiger partial charge in [0.1, 0.15) is 0 Å². The topological polar surface area (TPSA) is 95.9 Å². The normalized spacial score (nSPS) is 12.7. The van der Waals surface area contributed by atoms with Crippen molar-refractivity contribution in [3.05, 3.63) is 36.5 Å². The third-order valence-electron chi connectivity index (χ3n) is 17.2. The van der Waals surface area contributed by atoms with Gasteiger partial charge in [0.25, 0.3) is 0 Å². The Labute approximate surface area is 506 Å². The van der Waals surface area contributed by atoms with Crippen molar-refractivity contribution in [1.82, 2.24) is 5.32 Å². The minimum absolute atomic E-state index is 0.00399. The van der Waals surface area contributed by atoms with Crippen LogP contribution in [0.1, 0.15) is 406 Å². The Morgan fingerprint density at radius 1 is 0.346 bits per heavy atom. The molecule has 0 heterocycles. The van der Waals surface area contributed by atoms with Gasteiger partial charge in [0.2, 0.25) is 5.91 Å². The van der Waals surface area contributed by atoms with Gasteiger partial charge in [-0.05, 0) is 64.2 Å². The monoisotopic (exact) mass is 1140 g/mol. The first kappa shape index (κ1) is 79.1. The summed E-state index contributed by atoms with van der Waals surface area (Å²) in [5, 5.41) is 23.3. The molecule has 0 aliphatic carbocycles. The summed E-state index contributed by atoms with van der Waals surface area (Å²) < 4.78 is 5.49. The highest BCUT2D eigenvalue weighted by Gasteiger charge is 2.18. The van der Waals surface area contributed by atoms with Crippen molar-refractivity contribution in [3.8, 4) is 0 Å². The van der Waals surface area contributed by atoms with Gasteiger partial charge in [0, 0.05) is 12.8 Å². The molecule has 0 saturated heterocycles. The Bertz CT molecular complexity index is 1310. The smallest absolute Gasteiger partial charge is 0.305 e. The van der Waals surface area contributed by atoms with Gasteiger partial charge in [-0.1, -0.05) is 365 Å². The third-order valence-corrected chi connectivity index (χ3v) is 17.2. The van der Waals surface area contributed by atoms with Crippen molar-refractivity contribution in [3.63, 3.8) is 0 Å². The van der Waals surface area contributed by atoms with E-state index in [1.165, 1.54) is 327 Å². The number of carbonyl (C=O) groups excluding carboxylic acids is 2. The lowest BCUT2D eigenvalue weighted by Crippen LogP contribution is -2.45. The quantitative estimate of drug-likeness (QED) is 0.0320. The molecule has 0 radical (unpaired) electrons. The molecule has 0 aliphatic heterocycles. The predicted octanol–water partition coefficient (Wildman–Crippen LogP) is 23.9. The molecule has 0 spiro atoms. The number of hydrogen-bond acceptors (Lipinski definition) is 5. The highest BCUT2D eigenvalue weighted by Crippen LogP contribution is 2.19. The second-order valence-corrected chi connectivity index (χ2v) is 25.3. The van der Waals surface area contributed by atoms with Crippen LogP contribution >= 0.6 is 0 Å². The van der Waals surface area contributed by atoms with E-state index in [9.17, 15) is 19.8 Å². The van der Waals surface area contributed by atoms with Crippen LogP contribution in [0, 0.1) is 0 Å². The van der Waals surface area contributed by atoms with E-state index >= 15 is 0 Å². The third kappa shape index (κ3) is 67.1. The molecule has 0 aromatic heterocycles. The van der Waals surface area contributed by atoms with Gasteiger partial charge in [-0.3, -0.25) is 9.59 Å². The lowest BCUT2D eigenvalue weighted by Gasteiger charge is -2.20. The first-order valence-electron chi connectivity index (χ1n) is 36.8. The molecule has 0 fully saturated rings. The molecule has 478 valence electrons. The minimum atomic E-state index is -0.844. The Balaban J connectivity index is 3.39. The van der Waals surface area contributed by atoms with Gasteiger partial charge in [0.05, 0.1) is 25.4 Å². The van der Waals surface area contributed by atoms with Crippen LogP contribution < -0.4 is 5.32 Å². The second kappa shape index (κ2) is 70.6. The lowest BCUT2D eigenvalue weighted by molar-refractivity contribution is -0.143. The average molecular weight is 1140 g/mol. The molecule has 1 amide bonds. The number of carbonyl (C=O) groups is 2. The Morgan fingerprint density at radius 3 is 0.951 bits per heavy atom. The first-order chi connectivity index (χ1) is 40.0. The maximum atomic E-state index is 12.5. The van der Waals surface area contributed by atoms with Gasteiger partial charge < -0.3 is 20.3 Å². The van der Waals surface area contributed by atoms with Crippen LogP contribution in [-0.2, 0) is 14.3 Å². The van der Waals surface area contributed by atoms with E-state index < -0.39 is 12.1 Å². The fourth-order valence-corrected chi connectivity index (χ4v) is 11.6. The van der Waals surface area contributed by atoms with Crippen LogP contribution in [-0.4, -0.2) is 47.4 Å². The number of rotatable bonds is 69. The summed E-state index contributed by atoms with van der Waals surface area (Å²) in [6, 6.07) is -0.628. The van der Waals surface area contributed by atoms with Gasteiger partial charge in [-0.15, -0.1) is 0 Å². The first-order valence-corrected chi connectivity index (χ1v) is 36.8. The minimum Gasteiger partial charge on any atom is -0.466 e. The van der Waals surface area contributed by atoms with Crippen molar-refractivity contribution in [2.75, 3.05) is 13.2 Å². The highest BCUT2D eigenvalue weighted by molar-refractivity contribution is 5.76. The van der Waals surface area contributed by atoms with Crippen molar-refractivity contribution < 1.29 is 24.5 Å².